The van der Waals surface area contributed by atoms with Crippen LogP contribution in [-0.4, -0.2) is 23.0 Å². The minimum atomic E-state index is -0.893. The van der Waals surface area contributed by atoms with E-state index < -0.39 is 12.1 Å². The lowest BCUT2D eigenvalue weighted by molar-refractivity contribution is 0.0318. The van der Waals surface area contributed by atoms with Crippen LogP contribution in [0.25, 0.3) is 0 Å². The highest BCUT2D eigenvalue weighted by molar-refractivity contribution is 6.02. The molecule has 0 saturated carbocycles. The molecule has 0 aliphatic heterocycles. The van der Waals surface area contributed by atoms with E-state index in [2.05, 4.69) is 0 Å². The summed E-state index contributed by atoms with van der Waals surface area (Å²) in [4.78, 5) is 24.4. The number of esters is 1. The van der Waals surface area contributed by atoms with Gasteiger partial charge in [-0.3, -0.25) is 4.79 Å². The van der Waals surface area contributed by atoms with Gasteiger partial charge in [0.2, 0.25) is 5.78 Å². The Labute approximate surface area is 129 Å². The Hall–Kier alpha value is -2.62. The zero-order valence-corrected chi connectivity index (χ0v) is 12.8. The van der Waals surface area contributed by atoms with Crippen molar-refractivity contribution in [3.8, 4) is 5.75 Å². The molecule has 2 aromatic carbocycles. The lowest BCUT2D eigenvalue weighted by Gasteiger charge is -2.14. The number of aryl methyl sites for hydroxylation is 2. The molecule has 0 heterocycles. The first-order valence-electron chi connectivity index (χ1n) is 7.00. The van der Waals surface area contributed by atoms with Crippen molar-refractivity contribution in [1.29, 1.82) is 0 Å². The third-order valence-electron chi connectivity index (χ3n) is 3.39. The van der Waals surface area contributed by atoms with E-state index in [0.29, 0.717) is 5.56 Å². The van der Waals surface area contributed by atoms with Gasteiger partial charge in [0.25, 0.3) is 0 Å². The molecule has 0 bridgehead atoms. The molecule has 0 spiro atoms. The average Bonchev–Trinajstić information content (AvgIpc) is 2.48. The molecular weight excluding hydrogens is 280 g/mol. The average molecular weight is 298 g/mol. The predicted molar refractivity (Wildman–Crippen MR) is 83.2 cm³/mol. The quantitative estimate of drug-likeness (QED) is 0.693. The van der Waals surface area contributed by atoms with Gasteiger partial charge in [-0.25, -0.2) is 4.79 Å². The van der Waals surface area contributed by atoms with E-state index in [1.165, 1.54) is 18.2 Å². The van der Waals surface area contributed by atoms with Gasteiger partial charge in [0.15, 0.2) is 6.10 Å². The summed E-state index contributed by atoms with van der Waals surface area (Å²) in [5, 5.41) is 9.38. The van der Waals surface area contributed by atoms with Crippen LogP contribution in [0.3, 0.4) is 0 Å². The Morgan fingerprint density at radius 2 is 1.82 bits per heavy atom. The largest absolute Gasteiger partial charge is 0.508 e. The van der Waals surface area contributed by atoms with E-state index in [1.54, 1.807) is 19.1 Å². The summed E-state index contributed by atoms with van der Waals surface area (Å²) >= 11 is 0. The Kier molecular flexibility index (Phi) is 4.61. The van der Waals surface area contributed by atoms with Gasteiger partial charge >= 0.3 is 5.97 Å². The summed E-state index contributed by atoms with van der Waals surface area (Å²) in [6, 6.07) is 11.4. The minimum absolute atomic E-state index is 0.0250. The number of ether oxygens (including phenoxy) is 1. The maximum atomic E-state index is 12.4. The van der Waals surface area contributed by atoms with E-state index in [4.69, 9.17) is 4.74 Å². The van der Waals surface area contributed by atoms with Crippen LogP contribution < -0.4 is 0 Å². The number of carbonyl (C=O) groups is 2. The van der Waals surface area contributed by atoms with Crippen LogP contribution >= 0.6 is 0 Å². The molecule has 22 heavy (non-hydrogen) atoms. The molecule has 0 saturated heterocycles. The Morgan fingerprint density at radius 1 is 1.09 bits per heavy atom. The number of hydrogen-bond acceptors (Lipinski definition) is 4. The van der Waals surface area contributed by atoms with E-state index in [1.807, 2.05) is 26.0 Å². The number of benzene rings is 2. The number of Topliss-reactive ketones (excluding diaryl/α,β-unsaturated/α-hetero) is 1. The molecule has 4 heteroatoms. The van der Waals surface area contributed by atoms with E-state index in [0.717, 1.165) is 11.1 Å². The van der Waals surface area contributed by atoms with Crippen LogP contribution in [0.4, 0.5) is 0 Å². The summed E-state index contributed by atoms with van der Waals surface area (Å²) in [6.45, 7) is 5.29. The van der Waals surface area contributed by atoms with Crippen LogP contribution in [0.1, 0.15) is 38.8 Å². The summed E-state index contributed by atoms with van der Waals surface area (Å²) < 4.78 is 5.20. The molecule has 1 atom stereocenters. The Balaban J connectivity index is 2.14. The molecule has 114 valence electrons. The van der Waals surface area contributed by atoms with Crippen LogP contribution in [0.15, 0.2) is 42.5 Å². The highest BCUT2D eigenvalue weighted by atomic mass is 16.5. The van der Waals surface area contributed by atoms with Crippen molar-refractivity contribution in [1.82, 2.24) is 0 Å². The first kappa shape index (κ1) is 15.8. The number of carbonyl (C=O) groups excluding carboxylic acids is 2. The molecule has 0 aliphatic carbocycles. The highest BCUT2D eigenvalue weighted by Crippen LogP contribution is 2.16. The van der Waals surface area contributed by atoms with Gasteiger partial charge in [-0.15, -0.1) is 0 Å². The number of hydrogen-bond donors (Lipinski definition) is 1. The summed E-state index contributed by atoms with van der Waals surface area (Å²) in [6.07, 6.45) is -0.893. The first-order chi connectivity index (χ1) is 10.4. The molecule has 0 amide bonds. The van der Waals surface area contributed by atoms with Crippen molar-refractivity contribution in [3.63, 3.8) is 0 Å². The second-order valence-corrected chi connectivity index (χ2v) is 5.28. The number of ketones is 1. The molecule has 0 fully saturated rings. The normalized spacial score (nSPS) is 11.8. The third kappa shape index (κ3) is 3.52. The topological polar surface area (TPSA) is 63.6 Å². The van der Waals surface area contributed by atoms with Gasteiger partial charge in [0.1, 0.15) is 5.75 Å². The van der Waals surface area contributed by atoms with Crippen molar-refractivity contribution in [2.45, 2.75) is 26.9 Å². The van der Waals surface area contributed by atoms with Crippen molar-refractivity contribution in [2.24, 2.45) is 0 Å². The zero-order chi connectivity index (χ0) is 16.3. The fourth-order valence-electron chi connectivity index (χ4n) is 2.14. The zero-order valence-electron chi connectivity index (χ0n) is 12.8. The smallest absolute Gasteiger partial charge is 0.338 e. The van der Waals surface area contributed by atoms with Crippen molar-refractivity contribution in [2.75, 3.05) is 0 Å². The third-order valence-corrected chi connectivity index (χ3v) is 3.39. The standard InChI is InChI=1S/C18H18O4/c1-11-7-8-12(2)16(9-11)17(20)13(3)22-18(21)14-5-4-6-15(19)10-14/h4-10,13,19H,1-3H3/t13-/m0/s1. The lowest BCUT2D eigenvalue weighted by Crippen LogP contribution is -2.25. The summed E-state index contributed by atoms with van der Waals surface area (Å²) in [5.74, 6) is -0.903. The van der Waals surface area contributed by atoms with Crippen molar-refractivity contribution < 1.29 is 19.4 Å². The van der Waals surface area contributed by atoms with Crippen molar-refractivity contribution >= 4 is 11.8 Å². The molecule has 0 aliphatic rings. The second-order valence-electron chi connectivity index (χ2n) is 5.28. The molecule has 0 unspecified atom stereocenters. The number of phenolic OH excluding ortho intramolecular Hbond substituents is 1. The molecule has 4 nitrogen and oxygen atoms in total. The molecule has 2 rings (SSSR count). The molecule has 1 N–H and O–H groups in total. The summed E-state index contributed by atoms with van der Waals surface area (Å²) in [5.41, 5.74) is 2.58. The van der Waals surface area contributed by atoms with Crippen LogP contribution in [0.5, 0.6) is 5.75 Å². The number of phenols is 1. The van der Waals surface area contributed by atoms with Crippen LogP contribution in [0.2, 0.25) is 0 Å². The number of aromatic hydroxyl groups is 1. The van der Waals surface area contributed by atoms with Crippen LogP contribution in [-0.2, 0) is 4.74 Å². The van der Waals surface area contributed by atoms with E-state index >= 15 is 0 Å². The van der Waals surface area contributed by atoms with Gasteiger partial charge in [0, 0.05) is 5.56 Å². The van der Waals surface area contributed by atoms with Crippen molar-refractivity contribution in [3.05, 3.63) is 64.7 Å². The van der Waals surface area contributed by atoms with Gasteiger partial charge in [0.05, 0.1) is 5.56 Å². The molecular formula is C18H18O4. The first-order valence-corrected chi connectivity index (χ1v) is 7.00. The van der Waals surface area contributed by atoms with E-state index in [9.17, 15) is 14.7 Å². The van der Waals surface area contributed by atoms with Crippen LogP contribution in [0, 0.1) is 13.8 Å². The van der Waals surface area contributed by atoms with Gasteiger partial charge in [-0.05, 0) is 50.6 Å². The fourth-order valence-corrected chi connectivity index (χ4v) is 2.14. The molecule has 0 aromatic heterocycles. The minimum Gasteiger partial charge on any atom is -0.508 e. The summed E-state index contributed by atoms with van der Waals surface area (Å²) in [7, 11) is 0. The monoisotopic (exact) mass is 298 g/mol. The highest BCUT2D eigenvalue weighted by Gasteiger charge is 2.22. The molecule has 0 radical (unpaired) electrons. The fraction of sp³-hybridized carbons (Fsp3) is 0.222. The Bertz CT molecular complexity index is 719. The van der Waals surface area contributed by atoms with Gasteiger partial charge in [-0.1, -0.05) is 23.8 Å². The SMILES string of the molecule is Cc1ccc(C)c(C(=O)[C@H](C)OC(=O)c2cccc(O)c2)c1. The van der Waals surface area contributed by atoms with E-state index in [-0.39, 0.29) is 17.1 Å². The number of rotatable bonds is 4. The molecule has 2 aromatic rings. The second kappa shape index (κ2) is 6.43. The maximum Gasteiger partial charge on any atom is 0.338 e. The van der Waals surface area contributed by atoms with Gasteiger partial charge < -0.3 is 9.84 Å². The Morgan fingerprint density at radius 3 is 2.50 bits per heavy atom. The lowest BCUT2D eigenvalue weighted by atomic mass is 9.99. The maximum absolute atomic E-state index is 12.4. The van der Waals surface area contributed by atoms with Gasteiger partial charge in [-0.2, -0.15) is 0 Å². The predicted octanol–water partition coefficient (Wildman–Crippen LogP) is 3.44.